The third-order valence-corrected chi connectivity index (χ3v) is 1.11. The van der Waals surface area contributed by atoms with E-state index in [0.29, 0.717) is 5.56 Å². The lowest BCUT2D eigenvalue weighted by Crippen LogP contribution is -2.06. The molecule has 0 bridgehead atoms. The van der Waals surface area contributed by atoms with Crippen molar-refractivity contribution in [2.75, 3.05) is 0 Å². The molecule has 1 nitrogen and oxygen atoms in total. The summed E-state index contributed by atoms with van der Waals surface area (Å²) in [4.78, 5) is 0. The van der Waals surface area contributed by atoms with E-state index in [1.165, 1.54) is 12.1 Å². The molecule has 0 N–H and O–H groups in total. The Bertz CT molecular complexity index is 309. The Morgan fingerprint density at radius 1 is 1.08 bits per heavy atom. The van der Waals surface area contributed by atoms with E-state index >= 15 is 0 Å². The van der Waals surface area contributed by atoms with Crippen molar-refractivity contribution in [3.05, 3.63) is 40.7 Å². The molecule has 0 aromatic heterocycles. The van der Waals surface area contributed by atoms with Crippen LogP contribution in [0.2, 0.25) is 0 Å². The molecule has 0 spiro atoms. The lowest BCUT2D eigenvalue weighted by molar-refractivity contribution is 0.497. The van der Waals surface area contributed by atoms with Crippen LogP contribution >= 0.6 is 0 Å². The highest BCUT2D eigenvalue weighted by Gasteiger charge is 2.42. The van der Waals surface area contributed by atoms with Gasteiger partial charge in [0.05, 0.1) is 5.56 Å². The molecule has 0 saturated carbocycles. The summed E-state index contributed by atoms with van der Waals surface area (Å²) in [6.45, 7) is 0. The molecule has 0 aliphatic rings. The predicted octanol–water partition coefficient (Wildman–Crippen LogP) is 2.71. The third kappa shape index (κ3) is 3.10. The van der Waals surface area contributed by atoms with Crippen LogP contribution in [0.15, 0.2) is 30.3 Å². The number of halogens is 3. The maximum absolute atomic E-state index is 11.6. The van der Waals surface area contributed by atoms with E-state index in [4.69, 9.17) is 0 Å². The Kier molecular flexibility index (Phi) is 2.39. The van der Waals surface area contributed by atoms with E-state index < -0.39 is 7.11 Å². The van der Waals surface area contributed by atoms with E-state index in [2.05, 4.69) is 4.76 Å². The normalized spacial score (nSPS) is 10.2. The van der Waals surface area contributed by atoms with Gasteiger partial charge >= 0.3 is 7.11 Å². The summed E-state index contributed by atoms with van der Waals surface area (Å²) in [6.07, 6.45) is 0. The highest BCUT2D eigenvalue weighted by atomic mass is 19.4. The molecule has 0 amide bonds. The summed E-state index contributed by atoms with van der Waals surface area (Å²) in [5, 5.41) is 0. The summed E-state index contributed by atoms with van der Waals surface area (Å²) >= 11 is 0. The van der Waals surface area contributed by atoms with Crippen molar-refractivity contribution in [2.45, 2.75) is 0 Å². The van der Waals surface area contributed by atoms with Crippen molar-refractivity contribution < 1.29 is 12.9 Å². The average molecular weight is 171 g/mol. The second-order valence-corrected chi connectivity index (χ2v) is 2.15. The van der Waals surface area contributed by atoms with Crippen LogP contribution in [0.1, 0.15) is 5.56 Å². The molecule has 1 aromatic carbocycles. The molecule has 0 heterocycles. The van der Waals surface area contributed by atoms with Gasteiger partial charge in [-0.2, -0.15) is 0 Å². The maximum Gasteiger partial charge on any atom is 0.930 e. The first kappa shape index (κ1) is 8.66. The van der Waals surface area contributed by atoms with Crippen LogP contribution in [0.25, 0.3) is 4.76 Å². The topological polar surface area (TPSA) is 4.36 Å². The van der Waals surface area contributed by atoms with Crippen LogP contribution in [0, 0.1) is 6.07 Å². The Hall–Kier alpha value is -1.44. The van der Waals surface area contributed by atoms with E-state index in [-0.39, 0.29) is 0 Å². The van der Waals surface area contributed by atoms with Crippen molar-refractivity contribution in [1.29, 1.82) is 0 Å². The van der Waals surface area contributed by atoms with Gasteiger partial charge in [0.15, 0.2) is 0 Å². The summed E-state index contributed by atoms with van der Waals surface area (Å²) < 4.78 is 37.1. The maximum atomic E-state index is 11.6. The molecule has 1 aromatic rings. The van der Waals surface area contributed by atoms with Crippen LogP contribution in [0.3, 0.4) is 0 Å². The lowest BCUT2D eigenvalue weighted by Gasteiger charge is -1.86. The van der Waals surface area contributed by atoms with E-state index in [1.807, 2.05) is 6.07 Å². The van der Waals surface area contributed by atoms with Crippen LogP contribution in [0.5, 0.6) is 0 Å². The number of rotatable bonds is 0. The lowest BCUT2D eigenvalue weighted by atomic mass is 10.2. The SMILES string of the molecule is F[B-](F)(F)[N+]#Cc1ccccc1. The van der Waals surface area contributed by atoms with Gasteiger partial charge in [-0.3, -0.25) is 0 Å². The number of hydrogen-bond donors (Lipinski definition) is 0. The summed E-state index contributed by atoms with van der Waals surface area (Å²) in [5.74, 6) is 0. The monoisotopic (exact) mass is 171 g/mol. The van der Waals surface area contributed by atoms with Crippen molar-refractivity contribution in [2.24, 2.45) is 0 Å². The van der Waals surface area contributed by atoms with Crippen LogP contribution in [-0.2, 0) is 0 Å². The van der Waals surface area contributed by atoms with Gasteiger partial charge in [0.25, 0.3) is 0 Å². The van der Waals surface area contributed by atoms with Crippen LogP contribution < -0.4 is 0 Å². The van der Waals surface area contributed by atoms with Gasteiger partial charge < -0.3 is 12.9 Å². The molecule has 0 unspecified atom stereocenters. The van der Waals surface area contributed by atoms with Crippen LogP contribution in [-0.4, -0.2) is 7.11 Å². The minimum absolute atomic E-state index is 0.330. The number of nitrogens with zero attached hydrogens (tertiary/aromatic N) is 1. The summed E-state index contributed by atoms with van der Waals surface area (Å²) in [7, 11) is -5.11. The van der Waals surface area contributed by atoms with Gasteiger partial charge in [0.2, 0.25) is 6.07 Å². The predicted molar refractivity (Wildman–Crippen MR) is 41.9 cm³/mol. The largest absolute Gasteiger partial charge is 0.930 e. The van der Waals surface area contributed by atoms with Gasteiger partial charge in [-0.05, 0) is 12.1 Å². The minimum Gasteiger partial charge on any atom is -0.363 e. The molecule has 0 aliphatic carbocycles. The zero-order valence-electron chi connectivity index (χ0n) is 6.05. The van der Waals surface area contributed by atoms with E-state index in [9.17, 15) is 12.9 Å². The molecule has 12 heavy (non-hydrogen) atoms. The Labute approximate surface area is 67.7 Å². The van der Waals surface area contributed by atoms with Crippen molar-refractivity contribution in [3.8, 4) is 6.07 Å². The molecule has 0 fully saturated rings. The Balaban J connectivity index is 2.81. The molecule has 0 aliphatic heterocycles. The molecule has 62 valence electrons. The second-order valence-electron chi connectivity index (χ2n) is 2.15. The Morgan fingerprint density at radius 3 is 2.17 bits per heavy atom. The van der Waals surface area contributed by atoms with Crippen molar-refractivity contribution >= 4 is 7.11 Å². The van der Waals surface area contributed by atoms with Gasteiger partial charge in [-0.25, -0.2) is 4.76 Å². The highest BCUT2D eigenvalue weighted by molar-refractivity contribution is 6.62. The molecule has 1 rings (SSSR count). The van der Waals surface area contributed by atoms with Crippen molar-refractivity contribution in [1.82, 2.24) is 0 Å². The molecule has 0 radical (unpaired) electrons. The second kappa shape index (κ2) is 3.31. The fraction of sp³-hybridized carbons (Fsp3) is 0. The molecule has 5 heteroatoms. The zero-order valence-corrected chi connectivity index (χ0v) is 6.05. The van der Waals surface area contributed by atoms with E-state index in [1.54, 1.807) is 18.2 Å². The summed E-state index contributed by atoms with van der Waals surface area (Å²) in [5.41, 5.74) is 0.330. The third-order valence-electron chi connectivity index (χ3n) is 1.11. The standard InChI is InChI=1S/C7H5BF3N/c9-8(10,11)12-6-7-4-2-1-3-5-7/h1-5H. The van der Waals surface area contributed by atoms with Gasteiger partial charge in [0, 0.05) is 0 Å². The quantitative estimate of drug-likeness (QED) is 0.528. The first-order valence-electron chi connectivity index (χ1n) is 3.30. The van der Waals surface area contributed by atoms with E-state index in [0.717, 1.165) is 0 Å². The first-order valence-corrected chi connectivity index (χ1v) is 3.30. The fourth-order valence-electron chi connectivity index (χ4n) is 0.660. The van der Waals surface area contributed by atoms with Gasteiger partial charge in [-0.15, -0.1) is 0 Å². The number of hydrogen-bond acceptors (Lipinski definition) is 0. The molecular formula is C7H5BF3N. The van der Waals surface area contributed by atoms with Crippen molar-refractivity contribution in [3.63, 3.8) is 0 Å². The smallest absolute Gasteiger partial charge is 0.363 e. The minimum atomic E-state index is -5.11. The summed E-state index contributed by atoms with van der Waals surface area (Å²) in [6, 6.07) is 9.89. The average Bonchev–Trinajstić information content (AvgIpc) is 2.02. The molecule has 0 atom stereocenters. The van der Waals surface area contributed by atoms with Crippen LogP contribution in [0.4, 0.5) is 12.9 Å². The number of benzene rings is 1. The van der Waals surface area contributed by atoms with Gasteiger partial charge in [-0.1, -0.05) is 18.2 Å². The highest BCUT2D eigenvalue weighted by Crippen LogP contribution is 2.09. The van der Waals surface area contributed by atoms with Gasteiger partial charge in [0.1, 0.15) is 0 Å². The molecular weight excluding hydrogens is 166 g/mol. The fourth-order valence-corrected chi connectivity index (χ4v) is 0.660. The molecule has 0 saturated heterocycles. The zero-order chi connectivity index (χ0) is 9.03. The first-order chi connectivity index (χ1) is 5.58. The Morgan fingerprint density at radius 2 is 1.67 bits per heavy atom.